The van der Waals surface area contributed by atoms with Gasteiger partial charge in [0, 0.05) is 12.8 Å². The first-order valence-electron chi connectivity index (χ1n) is 21.2. The minimum absolute atomic E-state index is 0.0447. The summed E-state index contributed by atoms with van der Waals surface area (Å²) in [6, 6.07) is -1.38. The van der Waals surface area contributed by atoms with Gasteiger partial charge in [0.1, 0.15) is 12.1 Å². The molecule has 2 unspecified atom stereocenters. The van der Waals surface area contributed by atoms with Crippen LogP contribution in [0.1, 0.15) is 200 Å². The Labute approximate surface area is 317 Å². The van der Waals surface area contributed by atoms with Gasteiger partial charge < -0.3 is 25.6 Å². The highest BCUT2D eigenvalue weighted by atomic mass is 16.5. The van der Waals surface area contributed by atoms with E-state index in [0.717, 1.165) is 77.0 Å². The van der Waals surface area contributed by atoms with Crippen molar-refractivity contribution in [3.05, 3.63) is 24.3 Å². The van der Waals surface area contributed by atoms with E-state index in [2.05, 4.69) is 48.8 Å². The third-order valence-corrected chi connectivity index (χ3v) is 9.42. The molecule has 52 heavy (non-hydrogen) atoms. The molecule has 2 atom stereocenters. The molecule has 0 spiro atoms. The number of carbonyl (C=O) groups is 4. The molecule has 0 saturated heterocycles. The van der Waals surface area contributed by atoms with E-state index in [1.54, 1.807) is 0 Å². The molecule has 0 rings (SSSR count). The summed E-state index contributed by atoms with van der Waals surface area (Å²) in [4.78, 5) is 47.5. The lowest BCUT2D eigenvalue weighted by Gasteiger charge is -2.18. The number of nitrogens with one attached hydrogen (secondary N) is 2. The predicted molar refractivity (Wildman–Crippen MR) is 213 cm³/mol. The molecule has 302 valence electrons. The molecule has 0 saturated carbocycles. The SMILES string of the molecule is CCCCCC/C=C\CCCCCCCC(=O)OC(CCC/C=C\CCCCCCCC)CCCCCCCC(=O)NCC(=O)NC(CO)C(=O)O. The Hall–Kier alpha value is -2.68. The van der Waals surface area contributed by atoms with Crippen LogP contribution < -0.4 is 10.6 Å². The Morgan fingerprint density at radius 3 is 1.54 bits per heavy atom. The van der Waals surface area contributed by atoms with Gasteiger partial charge in [0.05, 0.1) is 13.2 Å². The lowest BCUT2D eigenvalue weighted by atomic mass is 10.0. The Balaban J connectivity index is 4.34. The summed E-state index contributed by atoms with van der Waals surface area (Å²) >= 11 is 0. The molecule has 0 aromatic heterocycles. The fourth-order valence-electron chi connectivity index (χ4n) is 6.12. The van der Waals surface area contributed by atoms with Crippen molar-refractivity contribution >= 4 is 23.8 Å². The number of unbranched alkanes of at least 4 members (excludes halogenated alkanes) is 20. The number of hydrogen-bond acceptors (Lipinski definition) is 6. The number of amides is 2. The van der Waals surface area contributed by atoms with E-state index in [4.69, 9.17) is 14.9 Å². The summed E-state index contributed by atoms with van der Waals surface area (Å²) in [5.74, 6) is -2.32. The van der Waals surface area contributed by atoms with Crippen LogP contribution in [0.4, 0.5) is 0 Å². The van der Waals surface area contributed by atoms with Gasteiger partial charge in [-0.15, -0.1) is 0 Å². The molecule has 9 heteroatoms. The van der Waals surface area contributed by atoms with Crippen LogP contribution in [-0.2, 0) is 23.9 Å². The van der Waals surface area contributed by atoms with Crippen LogP contribution in [0.15, 0.2) is 24.3 Å². The molecule has 0 bridgehead atoms. The van der Waals surface area contributed by atoms with E-state index in [-0.39, 0.29) is 24.5 Å². The lowest BCUT2D eigenvalue weighted by molar-refractivity contribution is -0.150. The molecule has 0 aliphatic rings. The normalized spacial score (nSPS) is 12.7. The second kappa shape index (κ2) is 38.1. The number of esters is 1. The Kier molecular flexibility index (Phi) is 36.1. The van der Waals surface area contributed by atoms with E-state index in [1.165, 1.54) is 89.9 Å². The fourth-order valence-corrected chi connectivity index (χ4v) is 6.12. The van der Waals surface area contributed by atoms with Crippen molar-refractivity contribution in [3.8, 4) is 0 Å². The predicted octanol–water partition coefficient (Wildman–Crippen LogP) is 10.0. The molecule has 0 aromatic carbocycles. The largest absolute Gasteiger partial charge is 0.480 e. The average Bonchev–Trinajstić information content (AvgIpc) is 3.13. The molecule has 2 amide bonds. The number of rotatable bonds is 38. The first kappa shape index (κ1) is 49.3. The van der Waals surface area contributed by atoms with Crippen LogP contribution >= 0.6 is 0 Å². The highest BCUT2D eigenvalue weighted by Gasteiger charge is 2.19. The lowest BCUT2D eigenvalue weighted by Crippen LogP contribution is -2.47. The van der Waals surface area contributed by atoms with Gasteiger partial charge in [-0.25, -0.2) is 4.79 Å². The monoisotopic (exact) mass is 735 g/mol. The molecule has 0 aromatic rings. The van der Waals surface area contributed by atoms with Crippen LogP contribution in [0.25, 0.3) is 0 Å². The van der Waals surface area contributed by atoms with E-state index < -0.39 is 24.5 Å². The van der Waals surface area contributed by atoms with E-state index >= 15 is 0 Å². The maximum absolute atomic E-state index is 12.7. The summed E-state index contributed by atoms with van der Waals surface area (Å²) < 4.78 is 5.99. The molecule has 0 radical (unpaired) electrons. The maximum Gasteiger partial charge on any atom is 0.328 e. The highest BCUT2D eigenvalue weighted by Crippen LogP contribution is 2.18. The molecule has 0 aliphatic carbocycles. The highest BCUT2D eigenvalue weighted by molar-refractivity contribution is 5.87. The quantitative estimate of drug-likeness (QED) is 0.0281. The van der Waals surface area contributed by atoms with Crippen LogP contribution in [0, 0.1) is 0 Å². The second-order valence-corrected chi connectivity index (χ2v) is 14.4. The minimum atomic E-state index is -1.38. The van der Waals surface area contributed by atoms with Gasteiger partial charge in [0.25, 0.3) is 0 Å². The van der Waals surface area contributed by atoms with Gasteiger partial charge in [0.15, 0.2) is 0 Å². The summed E-state index contributed by atoms with van der Waals surface area (Å²) in [7, 11) is 0. The molecule has 0 fully saturated rings. The van der Waals surface area contributed by atoms with Gasteiger partial charge in [0.2, 0.25) is 11.8 Å². The standard InChI is InChI=1S/C43H78N2O7/c1-3-5-7-9-11-13-15-16-18-20-22-27-31-35-42(49)52-38(32-28-24-21-19-17-14-12-10-8-6-4-2)33-29-25-23-26-30-34-40(47)44-36-41(48)45-39(37-46)43(50)51/h13,15,19,21,38-39,46H,3-12,14,16-18,20,22-37H2,1-2H3,(H,44,47)(H,45,48)(H,50,51)/b15-13-,21-19-. The van der Waals surface area contributed by atoms with Gasteiger partial charge in [-0.2, -0.15) is 0 Å². The van der Waals surface area contributed by atoms with Crippen LogP contribution in [0.2, 0.25) is 0 Å². The van der Waals surface area contributed by atoms with E-state index in [9.17, 15) is 19.2 Å². The van der Waals surface area contributed by atoms with E-state index in [1.807, 2.05) is 0 Å². The zero-order valence-electron chi connectivity index (χ0n) is 33.3. The molecule has 9 nitrogen and oxygen atoms in total. The van der Waals surface area contributed by atoms with Crippen molar-refractivity contribution in [1.29, 1.82) is 0 Å². The smallest absolute Gasteiger partial charge is 0.328 e. The van der Waals surface area contributed by atoms with Gasteiger partial charge >= 0.3 is 11.9 Å². The number of hydrogen-bond donors (Lipinski definition) is 4. The van der Waals surface area contributed by atoms with Crippen LogP contribution in [0.5, 0.6) is 0 Å². The van der Waals surface area contributed by atoms with Gasteiger partial charge in [-0.3, -0.25) is 14.4 Å². The zero-order valence-corrected chi connectivity index (χ0v) is 33.3. The van der Waals surface area contributed by atoms with Crippen molar-refractivity contribution in [3.63, 3.8) is 0 Å². The number of carboxylic acids is 1. The third-order valence-electron chi connectivity index (χ3n) is 9.42. The minimum Gasteiger partial charge on any atom is -0.480 e. The van der Waals surface area contributed by atoms with Crippen molar-refractivity contribution in [2.75, 3.05) is 13.2 Å². The number of aliphatic hydroxyl groups excluding tert-OH is 1. The summed E-state index contributed by atoms with van der Waals surface area (Å²) in [5, 5.41) is 22.5. The van der Waals surface area contributed by atoms with Crippen molar-refractivity contribution in [1.82, 2.24) is 10.6 Å². The second-order valence-electron chi connectivity index (χ2n) is 14.4. The fraction of sp³-hybridized carbons (Fsp3) is 0.814. The topological polar surface area (TPSA) is 142 Å². The Morgan fingerprint density at radius 1 is 0.558 bits per heavy atom. The van der Waals surface area contributed by atoms with Crippen LogP contribution in [0.3, 0.4) is 0 Å². The number of carboxylic acid groups (broad SMARTS) is 1. The average molecular weight is 735 g/mol. The number of ether oxygens (including phenoxy) is 1. The van der Waals surface area contributed by atoms with E-state index in [0.29, 0.717) is 19.3 Å². The first-order chi connectivity index (χ1) is 25.3. The first-order valence-corrected chi connectivity index (χ1v) is 21.2. The number of allylic oxidation sites excluding steroid dienone is 4. The van der Waals surface area contributed by atoms with Gasteiger partial charge in [-0.1, -0.05) is 128 Å². The number of carbonyl (C=O) groups excluding carboxylic acids is 3. The zero-order chi connectivity index (χ0) is 38.3. The van der Waals surface area contributed by atoms with Crippen molar-refractivity contribution < 1.29 is 34.1 Å². The maximum atomic E-state index is 12.7. The number of aliphatic hydroxyl groups is 1. The summed E-state index contributed by atoms with van der Waals surface area (Å²) in [6.07, 6.45) is 40.6. The molecular formula is C43H78N2O7. The molecular weight excluding hydrogens is 656 g/mol. The number of aliphatic carboxylic acids is 1. The Morgan fingerprint density at radius 2 is 1.00 bits per heavy atom. The molecule has 0 aliphatic heterocycles. The van der Waals surface area contributed by atoms with Crippen molar-refractivity contribution in [2.45, 2.75) is 212 Å². The summed E-state index contributed by atoms with van der Waals surface area (Å²) in [6.45, 7) is 3.46. The van der Waals surface area contributed by atoms with Crippen LogP contribution in [-0.4, -0.2) is 59.3 Å². The third kappa shape index (κ3) is 34.4. The molecule has 0 heterocycles. The molecule has 4 N–H and O–H groups in total. The van der Waals surface area contributed by atoms with Gasteiger partial charge in [-0.05, 0) is 83.5 Å². The summed E-state index contributed by atoms with van der Waals surface area (Å²) in [5.41, 5.74) is 0. The Bertz CT molecular complexity index is 936. The van der Waals surface area contributed by atoms with Crippen molar-refractivity contribution in [2.24, 2.45) is 0 Å².